The van der Waals surface area contributed by atoms with E-state index >= 15 is 0 Å². The second-order valence-corrected chi connectivity index (χ2v) is 9.85. The largest absolute Gasteiger partial charge is 0.358 e. The van der Waals surface area contributed by atoms with Crippen LogP contribution < -0.4 is 25.7 Å². The molecule has 190 valence electrons. The average Bonchev–Trinajstić information content (AvgIpc) is 2.85. The van der Waals surface area contributed by atoms with Gasteiger partial charge in [-0.3, -0.25) is 0 Å². The highest BCUT2D eigenvalue weighted by Gasteiger charge is 2.30. The summed E-state index contributed by atoms with van der Waals surface area (Å²) in [6.07, 6.45) is 2.34. The van der Waals surface area contributed by atoms with Crippen molar-refractivity contribution in [1.82, 2.24) is 20.2 Å². The van der Waals surface area contributed by atoms with Crippen LogP contribution in [0.15, 0.2) is 47.5 Å². The smallest absolute Gasteiger partial charge is 0.228 e. The first-order valence-electron chi connectivity index (χ1n) is 12.2. The molecule has 0 radical (unpaired) electrons. The van der Waals surface area contributed by atoms with E-state index in [1.54, 1.807) is 6.08 Å². The molecule has 2 heterocycles. The fraction of sp³-hybridized carbons (Fsp3) is 0.357. The second-order valence-electron chi connectivity index (χ2n) is 9.45. The molecular weight excluding hydrogens is 475 g/mol. The minimum absolute atomic E-state index is 0.225. The number of benzene rings is 2. The second kappa shape index (κ2) is 11.4. The number of hydrogen-bond donors (Lipinski definition) is 1. The molecule has 3 aromatic rings. The lowest BCUT2D eigenvalue weighted by Gasteiger charge is -2.42. The molecule has 1 N–H and O–H groups in total. The van der Waals surface area contributed by atoms with Gasteiger partial charge in [-0.05, 0) is 56.1 Å². The highest BCUT2D eigenvalue weighted by molar-refractivity contribution is 6.37. The fourth-order valence-electron chi connectivity index (χ4n) is 4.36. The van der Waals surface area contributed by atoms with Crippen molar-refractivity contribution < 1.29 is 4.39 Å². The van der Waals surface area contributed by atoms with Crippen LogP contribution >= 0.6 is 11.6 Å². The summed E-state index contributed by atoms with van der Waals surface area (Å²) in [5.41, 5.74) is 1.95. The van der Waals surface area contributed by atoms with E-state index < -0.39 is 0 Å². The van der Waals surface area contributed by atoms with Crippen LogP contribution in [0.1, 0.15) is 12.5 Å². The molecule has 4 rings (SSSR count). The van der Waals surface area contributed by atoms with Crippen molar-refractivity contribution in [2.24, 2.45) is 0 Å². The summed E-state index contributed by atoms with van der Waals surface area (Å²) in [6, 6.07) is 14.8. The Balaban J connectivity index is 1.84. The van der Waals surface area contributed by atoms with Gasteiger partial charge in [-0.2, -0.15) is 4.98 Å². The first-order valence-corrected chi connectivity index (χ1v) is 12.5. The lowest BCUT2D eigenvalue weighted by atomic mass is 9.99. The number of fused-ring (bicyclic) bond motifs is 1. The number of nitrogens with one attached hydrogen (secondary N) is 1. The highest BCUT2D eigenvalue weighted by atomic mass is 35.5. The SMILES string of the molecule is CNCCN(C)c1nc(N2CC(N(C)C)C2)nc(=C\F)/c1=C\C(Cl)=C(/C)c1cccc2ccccc12. The molecule has 1 saturated heterocycles. The van der Waals surface area contributed by atoms with Crippen molar-refractivity contribution in [1.29, 1.82) is 0 Å². The third-order valence-electron chi connectivity index (χ3n) is 6.80. The van der Waals surface area contributed by atoms with E-state index in [1.807, 2.05) is 44.1 Å². The summed E-state index contributed by atoms with van der Waals surface area (Å²) in [4.78, 5) is 15.7. The zero-order valence-corrected chi connectivity index (χ0v) is 22.3. The van der Waals surface area contributed by atoms with Crippen LogP contribution in [-0.4, -0.2) is 75.3 Å². The molecule has 0 unspecified atom stereocenters. The maximum absolute atomic E-state index is 14.3. The summed E-state index contributed by atoms with van der Waals surface area (Å²) in [7, 11) is 7.98. The van der Waals surface area contributed by atoms with E-state index in [4.69, 9.17) is 16.6 Å². The molecule has 6 nitrogen and oxygen atoms in total. The van der Waals surface area contributed by atoms with Gasteiger partial charge >= 0.3 is 0 Å². The van der Waals surface area contributed by atoms with Gasteiger partial charge in [-0.1, -0.05) is 54.1 Å². The van der Waals surface area contributed by atoms with E-state index in [2.05, 4.69) is 58.5 Å². The molecule has 0 spiro atoms. The van der Waals surface area contributed by atoms with Gasteiger partial charge in [-0.15, -0.1) is 0 Å². The Labute approximate surface area is 217 Å². The van der Waals surface area contributed by atoms with Gasteiger partial charge in [-0.25, -0.2) is 9.37 Å². The van der Waals surface area contributed by atoms with Crippen molar-refractivity contribution in [2.75, 3.05) is 64.2 Å². The van der Waals surface area contributed by atoms with Crippen LogP contribution in [0, 0.1) is 0 Å². The summed E-state index contributed by atoms with van der Waals surface area (Å²) < 4.78 is 14.3. The van der Waals surface area contributed by atoms with Crippen LogP contribution in [0.25, 0.3) is 28.8 Å². The van der Waals surface area contributed by atoms with Gasteiger partial charge in [0.2, 0.25) is 5.95 Å². The van der Waals surface area contributed by atoms with Crippen molar-refractivity contribution in [2.45, 2.75) is 13.0 Å². The number of rotatable bonds is 8. The molecule has 0 atom stereocenters. The average molecular weight is 509 g/mol. The van der Waals surface area contributed by atoms with Crippen LogP contribution in [0.5, 0.6) is 0 Å². The Bertz CT molecular complexity index is 1380. The van der Waals surface area contributed by atoms with Crippen LogP contribution in [-0.2, 0) is 0 Å². The zero-order valence-electron chi connectivity index (χ0n) is 21.6. The normalized spacial score (nSPS) is 16.1. The zero-order chi connectivity index (χ0) is 25.8. The predicted octanol–water partition coefficient (Wildman–Crippen LogP) is 3.19. The van der Waals surface area contributed by atoms with E-state index in [0.29, 0.717) is 40.9 Å². The van der Waals surface area contributed by atoms with Gasteiger partial charge in [0.1, 0.15) is 17.5 Å². The number of anilines is 2. The molecule has 0 bridgehead atoms. The minimum Gasteiger partial charge on any atom is -0.358 e. The Morgan fingerprint density at radius 1 is 1.14 bits per heavy atom. The molecule has 0 saturated carbocycles. The molecule has 1 aliphatic rings. The Kier molecular flexibility index (Phi) is 8.24. The van der Waals surface area contributed by atoms with Crippen molar-refractivity contribution >= 4 is 52.1 Å². The van der Waals surface area contributed by atoms with E-state index in [-0.39, 0.29) is 5.35 Å². The van der Waals surface area contributed by atoms with Gasteiger partial charge in [0.15, 0.2) is 0 Å². The number of likely N-dealkylation sites (N-methyl/N-ethyl adjacent to an activating group) is 3. The van der Waals surface area contributed by atoms with Crippen LogP contribution in [0.3, 0.4) is 0 Å². The third kappa shape index (κ3) is 5.38. The monoisotopic (exact) mass is 508 g/mol. The first-order chi connectivity index (χ1) is 17.3. The molecule has 0 amide bonds. The number of halogens is 2. The van der Waals surface area contributed by atoms with Crippen molar-refractivity contribution in [3.8, 4) is 0 Å². The Hall–Kier alpha value is -3.00. The van der Waals surface area contributed by atoms with E-state index in [9.17, 15) is 4.39 Å². The number of allylic oxidation sites excluding steroid dienone is 2. The first kappa shape index (κ1) is 26.1. The van der Waals surface area contributed by atoms with Crippen molar-refractivity contribution in [3.63, 3.8) is 0 Å². The van der Waals surface area contributed by atoms with E-state index in [1.165, 1.54) is 0 Å². The quantitative estimate of drug-likeness (QED) is 0.504. The molecule has 1 aliphatic heterocycles. The fourth-order valence-corrected chi connectivity index (χ4v) is 4.57. The molecule has 2 aromatic carbocycles. The Morgan fingerprint density at radius 2 is 1.86 bits per heavy atom. The van der Waals surface area contributed by atoms with Crippen LogP contribution in [0.2, 0.25) is 0 Å². The summed E-state index contributed by atoms with van der Waals surface area (Å²) in [5.74, 6) is 1.18. The molecule has 1 aromatic heterocycles. The molecule has 8 heteroatoms. The summed E-state index contributed by atoms with van der Waals surface area (Å²) in [6.45, 7) is 5.06. The summed E-state index contributed by atoms with van der Waals surface area (Å²) >= 11 is 6.89. The maximum Gasteiger partial charge on any atom is 0.228 e. The lowest BCUT2D eigenvalue weighted by Crippen LogP contribution is -2.58. The Morgan fingerprint density at radius 3 is 2.56 bits per heavy atom. The predicted molar refractivity (Wildman–Crippen MR) is 151 cm³/mol. The topological polar surface area (TPSA) is 47.5 Å². The highest BCUT2D eigenvalue weighted by Crippen LogP contribution is 2.29. The lowest BCUT2D eigenvalue weighted by molar-refractivity contribution is 0.245. The number of hydrogen-bond acceptors (Lipinski definition) is 6. The third-order valence-corrected chi connectivity index (χ3v) is 7.20. The maximum atomic E-state index is 14.3. The van der Waals surface area contributed by atoms with E-state index in [0.717, 1.165) is 41.5 Å². The number of nitrogens with zero attached hydrogens (tertiary/aromatic N) is 5. The van der Waals surface area contributed by atoms with Gasteiger partial charge in [0, 0.05) is 49.5 Å². The minimum atomic E-state index is 0.225. The molecular formula is C28H34ClFN6. The standard InChI is InChI=1S/C28H34ClFN6/c1-19(22-12-8-10-20-9-6-7-11-23(20)22)25(29)15-24-26(16-30)32-28(36-17-21(18-36)34(3)4)33-27(24)35(5)14-13-31-2/h6-12,15-16,21,31H,13-14,17-18H2,1-5H3/b24-15+,25-19-,26-16-. The van der Waals surface area contributed by atoms with Gasteiger partial charge in [0.05, 0.1) is 0 Å². The van der Waals surface area contributed by atoms with Crippen molar-refractivity contribution in [3.05, 3.63) is 63.6 Å². The van der Waals surface area contributed by atoms with Gasteiger partial charge in [0.25, 0.3) is 0 Å². The number of aromatic nitrogens is 2. The van der Waals surface area contributed by atoms with Gasteiger partial charge < -0.3 is 20.0 Å². The molecule has 0 aliphatic carbocycles. The molecule has 36 heavy (non-hydrogen) atoms. The summed E-state index contributed by atoms with van der Waals surface area (Å²) in [5, 5.41) is 6.73. The van der Waals surface area contributed by atoms with Crippen LogP contribution in [0.4, 0.5) is 16.2 Å². The molecule has 1 fully saturated rings.